The van der Waals surface area contributed by atoms with Crippen molar-refractivity contribution in [3.8, 4) is 0 Å². The third kappa shape index (κ3) is 2.78. The van der Waals surface area contributed by atoms with Crippen molar-refractivity contribution in [2.45, 2.75) is 6.42 Å². The van der Waals surface area contributed by atoms with Crippen molar-refractivity contribution >= 4 is 27.6 Å². The highest BCUT2D eigenvalue weighted by Crippen LogP contribution is 2.18. The number of nitrogens with one attached hydrogen (secondary N) is 3. The summed E-state index contributed by atoms with van der Waals surface area (Å²) >= 11 is 0. The fraction of sp³-hybridized carbons (Fsp3) is 0.105. The second-order valence-corrected chi connectivity index (χ2v) is 5.81. The SMILES string of the molecule is O=C(NCCc1c[nH]c2ccccc12)c1n[nH]c(=O)c2ccccc12. The van der Waals surface area contributed by atoms with E-state index in [1.54, 1.807) is 24.3 Å². The van der Waals surface area contributed by atoms with Gasteiger partial charge in [0.25, 0.3) is 11.5 Å². The lowest BCUT2D eigenvalue weighted by molar-refractivity contribution is 0.0950. The summed E-state index contributed by atoms with van der Waals surface area (Å²) < 4.78 is 0. The van der Waals surface area contributed by atoms with Gasteiger partial charge < -0.3 is 10.3 Å². The van der Waals surface area contributed by atoms with Gasteiger partial charge in [0.15, 0.2) is 5.69 Å². The molecule has 4 aromatic rings. The first-order valence-electron chi connectivity index (χ1n) is 8.04. The number of para-hydroxylation sites is 1. The largest absolute Gasteiger partial charge is 0.361 e. The van der Waals surface area contributed by atoms with Crippen LogP contribution in [0.25, 0.3) is 21.7 Å². The van der Waals surface area contributed by atoms with Crippen LogP contribution < -0.4 is 10.9 Å². The molecule has 2 aromatic heterocycles. The fourth-order valence-electron chi connectivity index (χ4n) is 3.02. The summed E-state index contributed by atoms with van der Waals surface area (Å²) in [7, 11) is 0. The van der Waals surface area contributed by atoms with Crippen LogP contribution >= 0.6 is 0 Å². The molecule has 0 aliphatic heterocycles. The number of carbonyl (C=O) groups excluding carboxylic acids is 1. The zero-order chi connectivity index (χ0) is 17.2. The molecular formula is C19H16N4O2. The molecule has 0 radical (unpaired) electrons. The Balaban J connectivity index is 1.51. The maximum atomic E-state index is 12.5. The van der Waals surface area contributed by atoms with Crippen molar-refractivity contribution in [2.24, 2.45) is 0 Å². The molecular weight excluding hydrogens is 316 g/mol. The number of hydrogen-bond acceptors (Lipinski definition) is 3. The Hall–Kier alpha value is -3.41. The van der Waals surface area contributed by atoms with Gasteiger partial charge >= 0.3 is 0 Å². The maximum absolute atomic E-state index is 12.5. The van der Waals surface area contributed by atoms with E-state index >= 15 is 0 Å². The van der Waals surface area contributed by atoms with Crippen molar-refractivity contribution in [3.05, 3.63) is 76.3 Å². The molecule has 1 amide bonds. The number of carbonyl (C=O) groups is 1. The summed E-state index contributed by atoms with van der Waals surface area (Å²) in [5, 5.41) is 11.3. The summed E-state index contributed by atoms with van der Waals surface area (Å²) in [6.07, 6.45) is 2.67. The third-order valence-corrected chi connectivity index (χ3v) is 4.27. The van der Waals surface area contributed by atoms with E-state index in [0.717, 1.165) is 16.5 Å². The van der Waals surface area contributed by atoms with Crippen LogP contribution in [-0.4, -0.2) is 27.6 Å². The summed E-state index contributed by atoms with van der Waals surface area (Å²) in [4.78, 5) is 27.5. The lowest BCUT2D eigenvalue weighted by Gasteiger charge is -2.06. The molecule has 0 bridgehead atoms. The van der Waals surface area contributed by atoms with Crippen LogP contribution in [-0.2, 0) is 6.42 Å². The first kappa shape index (κ1) is 15.1. The van der Waals surface area contributed by atoms with Gasteiger partial charge in [-0.25, -0.2) is 5.10 Å². The predicted octanol–water partition coefficient (Wildman–Crippen LogP) is 2.38. The molecule has 3 N–H and O–H groups in total. The normalized spacial score (nSPS) is 11.0. The van der Waals surface area contributed by atoms with Crippen LogP contribution in [0.4, 0.5) is 0 Å². The molecule has 6 nitrogen and oxygen atoms in total. The Kier molecular flexibility index (Phi) is 3.78. The monoisotopic (exact) mass is 332 g/mol. The lowest BCUT2D eigenvalue weighted by Crippen LogP contribution is -2.28. The smallest absolute Gasteiger partial charge is 0.272 e. The lowest BCUT2D eigenvalue weighted by atomic mass is 10.1. The number of rotatable bonds is 4. The predicted molar refractivity (Wildman–Crippen MR) is 96.7 cm³/mol. The van der Waals surface area contributed by atoms with E-state index in [9.17, 15) is 9.59 Å². The van der Waals surface area contributed by atoms with Gasteiger partial charge in [-0.3, -0.25) is 9.59 Å². The van der Waals surface area contributed by atoms with Crippen LogP contribution in [0.15, 0.2) is 59.5 Å². The minimum Gasteiger partial charge on any atom is -0.361 e. The topological polar surface area (TPSA) is 90.6 Å². The molecule has 124 valence electrons. The number of amides is 1. The quantitative estimate of drug-likeness (QED) is 0.536. The Morgan fingerprint density at radius 3 is 2.56 bits per heavy atom. The van der Waals surface area contributed by atoms with E-state index in [2.05, 4.69) is 26.6 Å². The maximum Gasteiger partial charge on any atom is 0.272 e. The minimum absolute atomic E-state index is 0.231. The summed E-state index contributed by atoms with van der Waals surface area (Å²) in [5.41, 5.74) is 2.16. The van der Waals surface area contributed by atoms with E-state index in [0.29, 0.717) is 23.7 Å². The second kappa shape index (κ2) is 6.24. The molecule has 0 unspecified atom stereocenters. The van der Waals surface area contributed by atoms with E-state index in [-0.39, 0.29) is 17.2 Å². The number of benzene rings is 2. The molecule has 0 saturated carbocycles. The highest BCUT2D eigenvalue weighted by molar-refractivity contribution is 6.04. The Labute approximate surface area is 142 Å². The third-order valence-electron chi connectivity index (χ3n) is 4.27. The highest BCUT2D eigenvalue weighted by Gasteiger charge is 2.13. The van der Waals surface area contributed by atoms with E-state index in [4.69, 9.17) is 0 Å². The van der Waals surface area contributed by atoms with E-state index in [1.807, 2.05) is 24.4 Å². The summed E-state index contributed by atoms with van der Waals surface area (Å²) in [6.45, 7) is 0.482. The van der Waals surface area contributed by atoms with Gasteiger partial charge in [0, 0.05) is 29.0 Å². The molecule has 0 spiro atoms. The summed E-state index contributed by atoms with van der Waals surface area (Å²) in [5.74, 6) is -0.299. The number of aromatic nitrogens is 3. The number of hydrogen-bond donors (Lipinski definition) is 3. The highest BCUT2D eigenvalue weighted by atomic mass is 16.2. The molecule has 2 heterocycles. The fourth-order valence-corrected chi connectivity index (χ4v) is 3.02. The molecule has 25 heavy (non-hydrogen) atoms. The van der Waals surface area contributed by atoms with E-state index < -0.39 is 0 Å². The Morgan fingerprint density at radius 2 is 1.72 bits per heavy atom. The average Bonchev–Trinajstić information content (AvgIpc) is 3.05. The molecule has 0 aliphatic rings. The van der Waals surface area contributed by atoms with Gasteiger partial charge in [0.2, 0.25) is 0 Å². The van der Waals surface area contributed by atoms with Crippen LogP contribution in [0.2, 0.25) is 0 Å². The standard InChI is InChI=1S/C19H16N4O2/c24-18-15-7-2-1-6-14(15)17(22-23-18)19(25)20-10-9-12-11-21-16-8-4-3-5-13(12)16/h1-8,11,21H,9-10H2,(H,20,25)(H,23,24). The average molecular weight is 332 g/mol. The molecule has 6 heteroatoms. The van der Waals surface area contributed by atoms with Gasteiger partial charge in [-0.2, -0.15) is 5.10 Å². The molecule has 0 aliphatic carbocycles. The van der Waals surface area contributed by atoms with Gasteiger partial charge in [-0.15, -0.1) is 0 Å². The number of nitrogens with zero attached hydrogens (tertiary/aromatic N) is 1. The van der Waals surface area contributed by atoms with Crippen molar-refractivity contribution < 1.29 is 4.79 Å². The first-order valence-corrected chi connectivity index (χ1v) is 8.04. The van der Waals surface area contributed by atoms with Crippen LogP contribution in [0.3, 0.4) is 0 Å². The Bertz CT molecular complexity index is 1130. The molecule has 0 saturated heterocycles. The van der Waals surface area contributed by atoms with Crippen molar-refractivity contribution in [2.75, 3.05) is 6.54 Å². The summed E-state index contributed by atoms with van der Waals surface area (Å²) in [6, 6.07) is 15.0. The van der Waals surface area contributed by atoms with Gasteiger partial charge in [0.1, 0.15) is 0 Å². The zero-order valence-electron chi connectivity index (χ0n) is 13.4. The van der Waals surface area contributed by atoms with Crippen LogP contribution in [0.5, 0.6) is 0 Å². The van der Waals surface area contributed by atoms with Gasteiger partial charge in [0.05, 0.1) is 5.39 Å². The van der Waals surface area contributed by atoms with Crippen LogP contribution in [0.1, 0.15) is 16.1 Å². The van der Waals surface area contributed by atoms with Gasteiger partial charge in [-0.1, -0.05) is 36.4 Å². The number of aromatic amines is 2. The molecule has 0 atom stereocenters. The van der Waals surface area contributed by atoms with Crippen molar-refractivity contribution in [1.82, 2.24) is 20.5 Å². The van der Waals surface area contributed by atoms with Gasteiger partial charge in [-0.05, 0) is 24.1 Å². The first-order chi connectivity index (χ1) is 12.2. The Morgan fingerprint density at radius 1 is 1.00 bits per heavy atom. The molecule has 0 fully saturated rings. The number of fused-ring (bicyclic) bond motifs is 2. The van der Waals surface area contributed by atoms with Crippen molar-refractivity contribution in [1.29, 1.82) is 0 Å². The van der Waals surface area contributed by atoms with E-state index in [1.165, 1.54) is 0 Å². The minimum atomic E-state index is -0.300. The second-order valence-electron chi connectivity index (χ2n) is 5.81. The molecule has 4 rings (SSSR count). The van der Waals surface area contributed by atoms with Crippen molar-refractivity contribution in [3.63, 3.8) is 0 Å². The zero-order valence-corrected chi connectivity index (χ0v) is 13.4. The number of H-pyrrole nitrogens is 2. The van der Waals surface area contributed by atoms with Crippen LogP contribution in [0, 0.1) is 0 Å². The molecule has 2 aromatic carbocycles.